The number of hydrogen-bond acceptors (Lipinski definition) is 4. The molecule has 0 radical (unpaired) electrons. The molecule has 0 bridgehead atoms. The number of ether oxygens (including phenoxy) is 1. The molecular weight excluding hydrogens is 335 g/mol. The van der Waals surface area contributed by atoms with Gasteiger partial charge in [-0.05, 0) is 25.5 Å². The molecule has 1 aromatic rings. The Bertz CT molecular complexity index is 641. The first-order chi connectivity index (χ1) is 10.5. The summed E-state index contributed by atoms with van der Waals surface area (Å²) in [5.41, 5.74) is 0.761. The van der Waals surface area contributed by atoms with Crippen LogP contribution in [0.2, 0.25) is 0 Å². The Morgan fingerprint density at radius 3 is 2.17 bits per heavy atom. The summed E-state index contributed by atoms with van der Waals surface area (Å²) in [5.74, 6) is -2.79. The van der Waals surface area contributed by atoms with Gasteiger partial charge < -0.3 is 4.74 Å². The third kappa shape index (κ3) is 4.93. The number of carbonyl (C=O) groups is 1. The molecule has 130 valence electrons. The molecule has 5 nitrogen and oxygen atoms in total. The van der Waals surface area contributed by atoms with Gasteiger partial charge in [0, 0.05) is 0 Å². The van der Waals surface area contributed by atoms with Crippen molar-refractivity contribution in [1.29, 1.82) is 0 Å². The molecule has 0 unspecified atom stereocenters. The Kier molecular flexibility index (Phi) is 6.18. The second-order valence-electron chi connectivity index (χ2n) is 4.99. The van der Waals surface area contributed by atoms with E-state index in [4.69, 9.17) is 0 Å². The molecule has 0 aliphatic carbocycles. The third-order valence-electron chi connectivity index (χ3n) is 3.31. The maximum absolute atomic E-state index is 13.2. The lowest BCUT2D eigenvalue weighted by Gasteiger charge is -2.27. The van der Waals surface area contributed by atoms with E-state index in [0.29, 0.717) is 0 Å². The van der Waals surface area contributed by atoms with E-state index < -0.39 is 34.1 Å². The minimum Gasteiger partial charge on any atom is -0.469 e. The van der Waals surface area contributed by atoms with Crippen molar-refractivity contribution in [2.45, 2.75) is 37.4 Å². The fourth-order valence-electron chi connectivity index (χ4n) is 2.02. The van der Waals surface area contributed by atoms with E-state index in [-0.39, 0.29) is 11.3 Å². The number of halogens is 3. The van der Waals surface area contributed by atoms with Gasteiger partial charge in [0.15, 0.2) is 0 Å². The zero-order valence-electron chi connectivity index (χ0n) is 12.8. The van der Waals surface area contributed by atoms with Crippen LogP contribution < -0.4 is 4.72 Å². The van der Waals surface area contributed by atoms with E-state index in [2.05, 4.69) is 4.74 Å². The van der Waals surface area contributed by atoms with Gasteiger partial charge in [-0.15, -0.1) is 0 Å². The molecule has 0 fully saturated rings. The zero-order valence-corrected chi connectivity index (χ0v) is 13.7. The van der Waals surface area contributed by atoms with Crippen molar-refractivity contribution < 1.29 is 31.1 Å². The van der Waals surface area contributed by atoms with Crippen molar-refractivity contribution in [2.24, 2.45) is 5.92 Å². The van der Waals surface area contributed by atoms with Crippen LogP contribution in [0.4, 0.5) is 13.2 Å². The average Bonchev–Trinajstić information content (AvgIpc) is 2.46. The number of esters is 1. The summed E-state index contributed by atoms with van der Waals surface area (Å²) in [6, 6.07) is 2.77. The number of benzene rings is 1. The number of aryl methyl sites for hydroxylation is 1. The second kappa shape index (κ2) is 7.31. The molecule has 0 saturated heterocycles. The van der Waals surface area contributed by atoms with Crippen molar-refractivity contribution in [3.05, 3.63) is 29.8 Å². The van der Waals surface area contributed by atoms with Gasteiger partial charge in [-0.3, -0.25) is 4.79 Å². The maximum Gasteiger partial charge on any atom is 0.405 e. The highest BCUT2D eigenvalue weighted by Crippen LogP contribution is 2.29. The molecule has 1 N–H and O–H groups in total. The van der Waals surface area contributed by atoms with Gasteiger partial charge in [0.05, 0.1) is 17.9 Å². The lowest BCUT2D eigenvalue weighted by atomic mass is 9.97. The van der Waals surface area contributed by atoms with Gasteiger partial charge in [0.1, 0.15) is 6.04 Å². The van der Waals surface area contributed by atoms with Crippen LogP contribution in [0.5, 0.6) is 0 Å². The van der Waals surface area contributed by atoms with Crippen LogP contribution in [-0.2, 0) is 19.6 Å². The predicted octanol–water partition coefficient (Wildman–Crippen LogP) is 2.40. The summed E-state index contributed by atoms with van der Waals surface area (Å²) in [7, 11) is -3.48. The topological polar surface area (TPSA) is 72.5 Å². The van der Waals surface area contributed by atoms with E-state index in [1.807, 2.05) is 0 Å². The van der Waals surface area contributed by atoms with E-state index >= 15 is 0 Å². The average molecular weight is 353 g/mol. The van der Waals surface area contributed by atoms with E-state index in [9.17, 15) is 26.4 Å². The Hall–Kier alpha value is -1.61. The van der Waals surface area contributed by atoms with Gasteiger partial charge in [-0.25, -0.2) is 8.42 Å². The summed E-state index contributed by atoms with van der Waals surface area (Å²) in [5, 5.41) is 0. The Morgan fingerprint density at radius 1 is 1.26 bits per heavy atom. The zero-order chi connectivity index (χ0) is 17.8. The van der Waals surface area contributed by atoms with Crippen LogP contribution in [0.15, 0.2) is 29.2 Å². The first-order valence-electron chi connectivity index (χ1n) is 6.76. The molecule has 0 spiro atoms. The Balaban J connectivity index is 3.19. The summed E-state index contributed by atoms with van der Waals surface area (Å²) >= 11 is 0. The predicted molar refractivity (Wildman–Crippen MR) is 77.1 cm³/mol. The molecule has 1 aromatic carbocycles. The lowest BCUT2D eigenvalue weighted by molar-refractivity contribution is -0.177. The molecule has 0 aliphatic rings. The molecular formula is C14H18F3NO4S. The highest BCUT2D eigenvalue weighted by Gasteiger charge is 2.49. The van der Waals surface area contributed by atoms with Crippen LogP contribution in [0.25, 0.3) is 0 Å². The van der Waals surface area contributed by atoms with E-state index in [1.165, 1.54) is 31.2 Å². The van der Waals surface area contributed by atoms with Crippen LogP contribution in [0, 0.1) is 12.8 Å². The summed E-state index contributed by atoms with van der Waals surface area (Å²) in [6.45, 7) is 3.06. The largest absolute Gasteiger partial charge is 0.469 e. The number of hydrogen-bond donors (Lipinski definition) is 1. The molecule has 0 aliphatic heterocycles. The summed E-state index contributed by atoms with van der Waals surface area (Å²) in [4.78, 5) is 11.2. The second-order valence-corrected chi connectivity index (χ2v) is 6.71. The number of alkyl halides is 3. The molecule has 2 atom stereocenters. The molecule has 1 rings (SSSR count). The minimum absolute atomic E-state index is 0.229. The lowest BCUT2D eigenvalue weighted by Crippen LogP contribution is -2.52. The normalized spacial score (nSPS) is 15.0. The highest BCUT2D eigenvalue weighted by atomic mass is 32.2. The quantitative estimate of drug-likeness (QED) is 0.797. The summed E-state index contributed by atoms with van der Waals surface area (Å²) in [6.07, 6.45) is -5.17. The standard InChI is InChI=1S/C14H18F3NO4S/c1-4-11(13(19)22-3)12(14(15,16)17)18-23(20,21)10-7-5-9(2)6-8-10/h5-8,11-12,18H,4H2,1-3H3/t11-,12+/m0/s1. The number of carbonyl (C=O) groups excluding carboxylic acids is 1. The number of nitrogens with one attached hydrogen (secondary N) is 1. The molecule has 0 aromatic heterocycles. The Labute approximate surface area is 132 Å². The van der Waals surface area contributed by atoms with E-state index in [0.717, 1.165) is 12.7 Å². The number of rotatable bonds is 6. The van der Waals surface area contributed by atoms with Gasteiger partial charge in [0.25, 0.3) is 0 Å². The van der Waals surface area contributed by atoms with Crippen molar-refractivity contribution >= 4 is 16.0 Å². The van der Waals surface area contributed by atoms with Crippen molar-refractivity contribution in [3.63, 3.8) is 0 Å². The molecule has 9 heteroatoms. The van der Waals surface area contributed by atoms with Gasteiger partial charge >= 0.3 is 12.1 Å². The molecule has 0 saturated carbocycles. The first-order valence-corrected chi connectivity index (χ1v) is 8.24. The fraction of sp³-hybridized carbons (Fsp3) is 0.500. The Morgan fingerprint density at radius 2 is 1.78 bits per heavy atom. The smallest absolute Gasteiger partial charge is 0.405 e. The molecule has 0 heterocycles. The van der Waals surface area contributed by atoms with Gasteiger partial charge in [-0.1, -0.05) is 24.6 Å². The number of sulfonamides is 1. The van der Waals surface area contributed by atoms with E-state index in [1.54, 1.807) is 11.6 Å². The molecule has 23 heavy (non-hydrogen) atoms. The number of methoxy groups -OCH3 is 1. The maximum atomic E-state index is 13.2. The third-order valence-corrected chi connectivity index (χ3v) is 4.77. The van der Waals surface area contributed by atoms with Crippen molar-refractivity contribution in [2.75, 3.05) is 7.11 Å². The van der Waals surface area contributed by atoms with Crippen LogP contribution in [-0.4, -0.2) is 33.7 Å². The van der Waals surface area contributed by atoms with Crippen molar-refractivity contribution in [1.82, 2.24) is 4.72 Å². The minimum atomic E-state index is -4.94. The highest BCUT2D eigenvalue weighted by molar-refractivity contribution is 7.89. The first kappa shape index (κ1) is 19.4. The van der Waals surface area contributed by atoms with Crippen LogP contribution in [0.1, 0.15) is 18.9 Å². The van der Waals surface area contributed by atoms with Crippen LogP contribution in [0.3, 0.4) is 0 Å². The van der Waals surface area contributed by atoms with Crippen molar-refractivity contribution in [3.8, 4) is 0 Å². The fourth-order valence-corrected chi connectivity index (χ4v) is 3.28. The van der Waals surface area contributed by atoms with Gasteiger partial charge in [-0.2, -0.15) is 17.9 Å². The summed E-state index contributed by atoms with van der Waals surface area (Å²) < 4.78 is 69.9. The van der Waals surface area contributed by atoms with Crippen LogP contribution >= 0.6 is 0 Å². The SMILES string of the molecule is CC[C@H](C(=O)OC)[C@@H](NS(=O)(=O)c1ccc(C)cc1)C(F)(F)F. The molecule has 0 amide bonds. The monoisotopic (exact) mass is 353 g/mol. The van der Waals surface area contributed by atoms with Gasteiger partial charge in [0.2, 0.25) is 10.0 Å².